The third-order valence-corrected chi connectivity index (χ3v) is 5.81. The first-order chi connectivity index (χ1) is 12.9. The van der Waals surface area contributed by atoms with Gasteiger partial charge in [-0.3, -0.25) is 4.79 Å². The van der Waals surface area contributed by atoms with Gasteiger partial charge in [-0.2, -0.15) is 5.26 Å². The summed E-state index contributed by atoms with van der Waals surface area (Å²) in [5.41, 5.74) is 1.32. The lowest BCUT2D eigenvalue weighted by Gasteiger charge is -2.48. The molecule has 0 radical (unpaired) electrons. The SMILES string of the molecule is CCN1CC2(CCCN(c3nc(C)c(C(=O)OC)cc3C#N)C2)CCC1=O. The first-order valence-electron chi connectivity index (χ1n) is 9.46. The maximum atomic E-state index is 12.1. The van der Waals surface area contributed by atoms with E-state index >= 15 is 0 Å². The number of carbonyl (C=O) groups is 2. The first kappa shape index (κ1) is 19.2. The molecule has 3 heterocycles. The second-order valence-corrected chi connectivity index (χ2v) is 7.53. The number of amides is 1. The zero-order valence-electron chi connectivity index (χ0n) is 16.2. The molecule has 7 heteroatoms. The number of methoxy groups -OCH3 is 1. The van der Waals surface area contributed by atoms with Gasteiger partial charge in [-0.15, -0.1) is 0 Å². The lowest BCUT2D eigenvalue weighted by molar-refractivity contribution is -0.137. The molecule has 0 saturated carbocycles. The summed E-state index contributed by atoms with van der Waals surface area (Å²) in [6.07, 6.45) is 3.53. The Bertz CT molecular complexity index is 801. The quantitative estimate of drug-likeness (QED) is 0.759. The lowest BCUT2D eigenvalue weighted by atomic mass is 9.73. The number of rotatable bonds is 3. The Morgan fingerprint density at radius 1 is 1.41 bits per heavy atom. The highest BCUT2D eigenvalue weighted by molar-refractivity contribution is 5.91. The Kier molecular flexibility index (Phi) is 5.36. The molecule has 7 nitrogen and oxygen atoms in total. The van der Waals surface area contributed by atoms with E-state index in [9.17, 15) is 14.9 Å². The van der Waals surface area contributed by atoms with Crippen molar-refractivity contribution in [2.45, 2.75) is 39.5 Å². The fraction of sp³-hybridized carbons (Fsp3) is 0.600. The number of aryl methyl sites for hydroxylation is 1. The van der Waals surface area contributed by atoms with Crippen molar-refractivity contribution in [1.82, 2.24) is 9.88 Å². The summed E-state index contributed by atoms with van der Waals surface area (Å²) >= 11 is 0. The molecule has 2 aliphatic rings. The van der Waals surface area contributed by atoms with Crippen LogP contribution in [-0.2, 0) is 9.53 Å². The number of esters is 1. The summed E-state index contributed by atoms with van der Waals surface area (Å²) in [5.74, 6) is 0.374. The number of nitriles is 1. The highest BCUT2D eigenvalue weighted by Crippen LogP contribution is 2.40. The van der Waals surface area contributed by atoms with Crippen LogP contribution in [0.15, 0.2) is 6.07 Å². The van der Waals surface area contributed by atoms with E-state index in [2.05, 4.69) is 16.0 Å². The van der Waals surface area contributed by atoms with Crippen molar-refractivity contribution in [3.8, 4) is 6.07 Å². The van der Waals surface area contributed by atoms with Gasteiger partial charge >= 0.3 is 5.97 Å². The van der Waals surface area contributed by atoms with E-state index in [1.165, 1.54) is 7.11 Å². The van der Waals surface area contributed by atoms with Crippen LogP contribution in [0.4, 0.5) is 5.82 Å². The molecule has 27 heavy (non-hydrogen) atoms. The number of ether oxygens (including phenoxy) is 1. The number of carbonyl (C=O) groups excluding carboxylic acids is 2. The number of hydrogen-bond acceptors (Lipinski definition) is 6. The number of aromatic nitrogens is 1. The Labute approximate surface area is 159 Å². The van der Waals surface area contributed by atoms with Crippen LogP contribution >= 0.6 is 0 Å². The molecule has 0 aliphatic carbocycles. The van der Waals surface area contributed by atoms with Crippen LogP contribution in [0.5, 0.6) is 0 Å². The molecule has 1 aromatic heterocycles. The van der Waals surface area contributed by atoms with E-state index < -0.39 is 5.97 Å². The summed E-state index contributed by atoms with van der Waals surface area (Å²) in [4.78, 5) is 32.7. The fourth-order valence-corrected chi connectivity index (χ4v) is 4.34. The third kappa shape index (κ3) is 3.61. The molecule has 3 rings (SSSR count). The van der Waals surface area contributed by atoms with E-state index in [1.54, 1.807) is 13.0 Å². The van der Waals surface area contributed by atoms with E-state index in [0.717, 1.165) is 45.4 Å². The average molecular weight is 370 g/mol. The van der Waals surface area contributed by atoms with Gasteiger partial charge in [-0.1, -0.05) is 0 Å². The molecule has 0 aromatic carbocycles. The van der Waals surface area contributed by atoms with Crippen molar-refractivity contribution in [3.63, 3.8) is 0 Å². The van der Waals surface area contributed by atoms with Gasteiger partial charge in [-0.05, 0) is 39.2 Å². The van der Waals surface area contributed by atoms with E-state index in [4.69, 9.17) is 4.74 Å². The Hall–Kier alpha value is -2.62. The van der Waals surface area contributed by atoms with Crippen LogP contribution in [0.3, 0.4) is 0 Å². The largest absolute Gasteiger partial charge is 0.465 e. The van der Waals surface area contributed by atoms with E-state index in [1.807, 2.05) is 11.8 Å². The number of pyridine rings is 1. The van der Waals surface area contributed by atoms with Gasteiger partial charge < -0.3 is 14.5 Å². The molecule has 2 aliphatic heterocycles. The van der Waals surface area contributed by atoms with Crippen LogP contribution in [-0.4, -0.2) is 55.0 Å². The van der Waals surface area contributed by atoms with Crippen molar-refractivity contribution in [2.75, 3.05) is 38.2 Å². The molecular formula is C20H26N4O3. The normalized spacial score (nSPS) is 22.7. The molecule has 1 unspecified atom stereocenters. The second-order valence-electron chi connectivity index (χ2n) is 7.53. The summed E-state index contributed by atoms with van der Waals surface area (Å²) in [7, 11) is 1.32. The zero-order chi connectivity index (χ0) is 19.6. The molecule has 1 aromatic rings. The number of piperidine rings is 2. The minimum Gasteiger partial charge on any atom is -0.465 e. The lowest BCUT2D eigenvalue weighted by Crippen LogP contribution is -2.54. The van der Waals surface area contributed by atoms with Gasteiger partial charge in [0.15, 0.2) is 0 Å². The number of likely N-dealkylation sites (tertiary alicyclic amines) is 1. The standard InChI is InChI=1S/C20H26N4O3/c1-4-23-12-20(8-6-17(23)25)7-5-9-24(13-20)18-15(11-21)10-16(14(2)22-18)19(26)27-3/h10H,4-9,12-13H2,1-3H3. The maximum Gasteiger partial charge on any atom is 0.339 e. The van der Waals surface area contributed by atoms with Crippen LogP contribution in [0, 0.1) is 23.7 Å². The predicted octanol–water partition coefficient (Wildman–Crippen LogP) is 2.28. The Morgan fingerprint density at radius 3 is 2.85 bits per heavy atom. The van der Waals surface area contributed by atoms with Crippen molar-refractivity contribution in [1.29, 1.82) is 5.26 Å². The van der Waals surface area contributed by atoms with Gasteiger partial charge in [0.05, 0.1) is 23.9 Å². The van der Waals surface area contributed by atoms with Gasteiger partial charge in [-0.25, -0.2) is 9.78 Å². The molecule has 0 N–H and O–H groups in total. The molecular weight excluding hydrogens is 344 g/mol. The van der Waals surface area contributed by atoms with E-state index in [-0.39, 0.29) is 11.3 Å². The van der Waals surface area contributed by atoms with Gasteiger partial charge in [0, 0.05) is 38.0 Å². The highest BCUT2D eigenvalue weighted by atomic mass is 16.5. The third-order valence-electron chi connectivity index (χ3n) is 5.81. The Morgan fingerprint density at radius 2 is 2.19 bits per heavy atom. The first-order valence-corrected chi connectivity index (χ1v) is 9.46. The average Bonchev–Trinajstić information content (AvgIpc) is 2.69. The molecule has 2 saturated heterocycles. The van der Waals surface area contributed by atoms with E-state index in [0.29, 0.717) is 29.1 Å². The maximum absolute atomic E-state index is 12.1. The second kappa shape index (κ2) is 7.55. The van der Waals surface area contributed by atoms with Crippen molar-refractivity contribution >= 4 is 17.7 Å². The van der Waals surface area contributed by atoms with Crippen LogP contribution in [0.1, 0.15) is 54.2 Å². The number of anilines is 1. The summed E-state index contributed by atoms with van der Waals surface area (Å²) in [6, 6.07) is 3.76. The minimum atomic E-state index is -0.484. The minimum absolute atomic E-state index is 0.0471. The van der Waals surface area contributed by atoms with Crippen molar-refractivity contribution < 1.29 is 14.3 Å². The number of hydrogen-bond donors (Lipinski definition) is 0. The summed E-state index contributed by atoms with van der Waals surface area (Å²) < 4.78 is 4.79. The van der Waals surface area contributed by atoms with Crippen LogP contribution < -0.4 is 4.90 Å². The molecule has 1 atom stereocenters. The molecule has 2 fully saturated rings. The predicted molar refractivity (Wildman–Crippen MR) is 100 cm³/mol. The molecule has 1 spiro atoms. The monoisotopic (exact) mass is 370 g/mol. The highest BCUT2D eigenvalue weighted by Gasteiger charge is 2.42. The van der Waals surface area contributed by atoms with Crippen molar-refractivity contribution in [3.05, 3.63) is 22.9 Å². The topological polar surface area (TPSA) is 86.5 Å². The van der Waals surface area contributed by atoms with Gasteiger partial charge in [0.25, 0.3) is 0 Å². The smallest absolute Gasteiger partial charge is 0.339 e. The molecule has 144 valence electrons. The number of nitrogens with zero attached hydrogens (tertiary/aromatic N) is 4. The zero-order valence-corrected chi connectivity index (χ0v) is 16.2. The fourth-order valence-electron chi connectivity index (χ4n) is 4.34. The van der Waals surface area contributed by atoms with Gasteiger partial charge in [0.2, 0.25) is 5.91 Å². The van der Waals surface area contributed by atoms with Crippen LogP contribution in [0.25, 0.3) is 0 Å². The summed E-state index contributed by atoms with van der Waals surface area (Å²) in [6.45, 7) is 6.86. The molecule has 0 bridgehead atoms. The Balaban J connectivity index is 1.90. The van der Waals surface area contributed by atoms with Crippen LogP contribution in [0.2, 0.25) is 0 Å². The summed E-state index contributed by atoms with van der Waals surface area (Å²) in [5, 5.41) is 9.61. The molecule has 1 amide bonds. The van der Waals surface area contributed by atoms with Gasteiger partial charge in [0.1, 0.15) is 11.9 Å². The van der Waals surface area contributed by atoms with Crippen molar-refractivity contribution in [2.24, 2.45) is 5.41 Å².